The third-order valence-electron chi connectivity index (χ3n) is 2.33. The number of alkyl halides is 3. The van der Waals surface area contributed by atoms with Gasteiger partial charge in [0.25, 0.3) is 0 Å². The van der Waals surface area contributed by atoms with E-state index < -0.39 is 9.76 Å². The molecule has 0 heterocycles. The van der Waals surface area contributed by atoms with Gasteiger partial charge in [0.05, 0.1) is 13.0 Å². The molecule has 0 amide bonds. The van der Waals surface area contributed by atoms with Gasteiger partial charge in [-0.05, 0) is 20.3 Å². The van der Waals surface area contributed by atoms with Gasteiger partial charge in [-0.2, -0.15) is 0 Å². The molecule has 0 N–H and O–H groups in total. The van der Waals surface area contributed by atoms with E-state index in [9.17, 15) is 4.79 Å². The summed E-state index contributed by atoms with van der Waals surface area (Å²) < 4.78 is 14.2. The van der Waals surface area contributed by atoms with Crippen molar-refractivity contribution in [1.29, 1.82) is 0 Å². The van der Waals surface area contributed by atoms with E-state index in [0.717, 1.165) is 6.42 Å². The molecule has 4 nitrogen and oxygen atoms in total. The van der Waals surface area contributed by atoms with Gasteiger partial charge >= 0.3 is 5.97 Å². The molecule has 0 rings (SSSR count). The number of rotatable bonds is 9. The van der Waals surface area contributed by atoms with E-state index >= 15 is 0 Å². The van der Waals surface area contributed by atoms with Crippen molar-refractivity contribution in [2.45, 2.75) is 62.6 Å². The molecular formula is C15H23Cl3O4. The van der Waals surface area contributed by atoms with Crippen LogP contribution in [0.2, 0.25) is 0 Å². The maximum atomic E-state index is 11.4. The van der Waals surface area contributed by atoms with Crippen LogP contribution in [0.1, 0.15) is 46.5 Å². The smallest absolute Gasteiger partial charge is 0.310 e. The standard InChI is InChI=1S/C15H23Cl3O4/c1-4-9-20-13(3)21-10-7-5-6-8-12(2)22-14(19)11-15(16,17)18/h12-13H,4,7-11H2,1-3H3. The molecule has 0 spiro atoms. The first-order chi connectivity index (χ1) is 10.2. The molecule has 0 fully saturated rings. The van der Waals surface area contributed by atoms with Gasteiger partial charge in [-0.15, -0.1) is 5.92 Å². The number of carbonyl (C=O) groups excluding carboxylic acids is 1. The Bertz CT molecular complexity index is 371. The van der Waals surface area contributed by atoms with E-state index in [-0.39, 0.29) is 18.8 Å². The Morgan fingerprint density at radius 2 is 1.77 bits per heavy atom. The average molecular weight is 374 g/mol. The van der Waals surface area contributed by atoms with E-state index in [2.05, 4.69) is 11.8 Å². The third-order valence-corrected chi connectivity index (χ3v) is 2.73. The van der Waals surface area contributed by atoms with Crippen LogP contribution >= 0.6 is 34.8 Å². The topological polar surface area (TPSA) is 44.8 Å². The Labute approximate surface area is 147 Å². The molecule has 0 aromatic heterocycles. The molecular weight excluding hydrogens is 351 g/mol. The Morgan fingerprint density at radius 3 is 2.36 bits per heavy atom. The van der Waals surface area contributed by atoms with Crippen LogP contribution in [-0.2, 0) is 19.0 Å². The molecule has 0 aliphatic heterocycles. The summed E-state index contributed by atoms with van der Waals surface area (Å²) in [7, 11) is 0. The van der Waals surface area contributed by atoms with Crippen LogP contribution in [-0.4, -0.2) is 35.4 Å². The fourth-order valence-corrected chi connectivity index (χ4v) is 1.71. The Hall–Kier alpha value is -0.180. The number of esters is 1. The van der Waals surface area contributed by atoms with E-state index in [1.807, 2.05) is 13.8 Å². The maximum absolute atomic E-state index is 11.4. The molecule has 0 aromatic rings. The average Bonchev–Trinajstić information content (AvgIpc) is 2.37. The van der Waals surface area contributed by atoms with Crippen LogP contribution in [0.25, 0.3) is 0 Å². The van der Waals surface area contributed by atoms with Crippen molar-refractivity contribution in [2.24, 2.45) is 0 Å². The summed E-state index contributed by atoms with van der Waals surface area (Å²) in [6, 6.07) is 0. The van der Waals surface area contributed by atoms with E-state index in [1.54, 1.807) is 6.92 Å². The molecule has 2 unspecified atom stereocenters. The molecule has 0 radical (unpaired) electrons. The molecule has 22 heavy (non-hydrogen) atoms. The Kier molecular flexibility index (Phi) is 12.2. The molecule has 0 bridgehead atoms. The lowest BCUT2D eigenvalue weighted by atomic mass is 10.3. The predicted molar refractivity (Wildman–Crippen MR) is 89.1 cm³/mol. The number of hydrogen-bond donors (Lipinski definition) is 0. The molecule has 0 saturated carbocycles. The molecule has 0 aromatic carbocycles. The molecule has 0 saturated heterocycles. The van der Waals surface area contributed by atoms with Gasteiger partial charge in [-0.3, -0.25) is 4.79 Å². The fourth-order valence-electron chi connectivity index (χ4n) is 1.38. The van der Waals surface area contributed by atoms with Crippen molar-refractivity contribution in [2.75, 3.05) is 13.2 Å². The van der Waals surface area contributed by atoms with Crippen molar-refractivity contribution in [1.82, 2.24) is 0 Å². The first-order valence-electron chi connectivity index (χ1n) is 7.19. The second-order valence-electron chi connectivity index (χ2n) is 4.71. The Balaban J connectivity index is 3.75. The van der Waals surface area contributed by atoms with Crippen LogP contribution in [0.3, 0.4) is 0 Å². The second-order valence-corrected chi connectivity index (χ2v) is 7.23. The van der Waals surface area contributed by atoms with Crippen molar-refractivity contribution in [3.05, 3.63) is 0 Å². The van der Waals surface area contributed by atoms with Crippen LogP contribution in [0.5, 0.6) is 0 Å². The van der Waals surface area contributed by atoms with Crippen LogP contribution in [0, 0.1) is 11.8 Å². The summed E-state index contributed by atoms with van der Waals surface area (Å²) in [5.74, 6) is 5.32. The fraction of sp³-hybridized carbons (Fsp3) is 0.800. The summed E-state index contributed by atoms with van der Waals surface area (Å²) in [5, 5.41) is 0. The minimum Gasteiger partial charge on any atom is -0.462 e. The first-order valence-corrected chi connectivity index (χ1v) is 8.33. The zero-order valence-electron chi connectivity index (χ0n) is 13.2. The molecule has 128 valence electrons. The number of hydrogen-bond acceptors (Lipinski definition) is 4. The largest absolute Gasteiger partial charge is 0.462 e. The first kappa shape index (κ1) is 21.8. The third kappa shape index (κ3) is 14.7. The molecule has 7 heteroatoms. The van der Waals surface area contributed by atoms with Crippen molar-refractivity contribution in [3.63, 3.8) is 0 Å². The van der Waals surface area contributed by atoms with Crippen molar-refractivity contribution < 1.29 is 19.0 Å². The zero-order chi connectivity index (χ0) is 17.0. The molecule has 0 aliphatic carbocycles. The zero-order valence-corrected chi connectivity index (χ0v) is 15.4. The highest BCUT2D eigenvalue weighted by molar-refractivity contribution is 6.68. The minimum atomic E-state index is -1.63. The quantitative estimate of drug-likeness (QED) is 0.199. The summed E-state index contributed by atoms with van der Waals surface area (Å²) in [6.45, 7) is 6.82. The normalized spacial score (nSPS) is 13.9. The van der Waals surface area contributed by atoms with Gasteiger partial charge in [0, 0.05) is 19.4 Å². The van der Waals surface area contributed by atoms with Gasteiger partial charge in [0.2, 0.25) is 3.79 Å². The predicted octanol–water partition coefficient (Wildman–Crippen LogP) is 4.25. The summed E-state index contributed by atoms with van der Waals surface area (Å²) in [6.07, 6.45) is 1.13. The highest BCUT2D eigenvalue weighted by Crippen LogP contribution is 2.30. The maximum Gasteiger partial charge on any atom is 0.310 e. The number of carbonyl (C=O) groups is 1. The number of ether oxygens (including phenoxy) is 3. The lowest BCUT2D eigenvalue weighted by molar-refractivity contribution is -0.147. The monoisotopic (exact) mass is 372 g/mol. The van der Waals surface area contributed by atoms with Crippen molar-refractivity contribution in [3.8, 4) is 11.8 Å². The molecule has 0 aliphatic rings. The van der Waals surface area contributed by atoms with Crippen molar-refractivity contribution >= 4 is 40.8 Å². The summed E-state index contributed by atoms with van der Waals surface area (Å²) >= 11 is 16.5. The highest BCUT2D eigenvalue weighted by atomic mass is 35.6. The van der Waals surface area contributed by atoms with E-state index in [4.69, 9.17) is 49.0 Å². The number of halogens is 3. The molecule has 2 atom stereocenters. The van der Waals surface area contributed by atoms with Crippen LogP contribution < -0.4 is 0 Å². The SMILES string of the molecule is CCCOC(C)OCCC#CCC(C)OC(=O)CC(Cl)(Cl)Cl. The van der Waals surface area contributed by atoms with E-state index in [1.165, 1.54) is 0 Å². The lowest BCUT2D eigenvalue weighted by Crippen LogP contribution is -2.19. The second kappa shape index (κ2) is 12.3. The van der Waals surface area contributed by atoms with E-state index in [0.29, 0.717) is 26.1 Å². The van der Waals surface area contributed by atoms with Crippen LogP contribution in [0.4, 0.5) is 0 Å². The Morgan fingerprint density at radius 1 is 1.14 bits per heavy atom. The minimum absolute atomic E-state index is 0.219. The van der Waals surface area contributed by atoms with Gasteiger partial charge in [0.1, 0.15) is 6.10 Å². The lowest BCUT2D eigenvalue weighted by Gasteiger charge is -2.13. The van der Waals surface area contributed by atoms with Crippen LogP contribution in [0.15, 0.2) is 0 Å². The van der Waals surface area contributed by atoms with Gasteiger partial charge < -0.3 is 14.2 Å². The van der Waals surface area contributed by atoms with Gasteiger partial charge in [-0.1, -0.05) is 47.6 Å². The van der Waals surface area contributed by atoms with Gasteiger partial charge in [-0.25, -0.2) is 0 Å². The highest BCUT2D eigenvalue weighted by Gasteiger charge is 2.25. The summed E-state index contributed by atoms with van der Waals surface area (Å²) in [4.78, 5) is 11.4. The summed E-state index contributed by atoms with van der Waals surface area (Å²) in [5.41, 5.74) is 0. The van der Waals surface area contributed by atoms with Gasteiger partial charge in [0.15, 0.2) is 6.29 Å².